The van der Waals surface area contributed by atoms with E-state index in [1.54, 1.807) is 0 Å². The van der Waals surface area contributed by atoms with Crippen LogP contribution in [0.4, 0.5) is 10.9 Å². The molecule has 100 valence electrons. The molecule has 0 bridgehead atoms. The summed E-state index contributed by atoms with van der Waals surface area (Å²) < 4.78 is 1.09. The summed E-state index contributed by atoms with van der Waals surface area (Å²) >= 11 is 1.51. The predicted octanol–water partition coefficient (Wildman–Crippen LogP) is 3.44. The van der Waals surface area contributed by atoms with Crippen LogP contribution in [0.3, 0.4) is 0 Å². The highest BCUT2D eigenvalue weighted by atomic mass is 32.1. The Balaban J connectivity index is 1.92. The minimum Gasteiger partial charge on any atom is -0.478 e. The summed E-state index contributed by atoms with van der Waals surface area (Å²) in [6.45, 7) is 2.03. The van der Waals surface area contributed by atoms with E-state index in [9.17, 15) is 4.79 Å². The second kappa shape index (κ2) is 4.90. The van der Waals surface area contributed by atoms with Gasteiger partial charge in [-0.05, 0) is 36.8 Å². The molecule has 0 amide bonds. The summed E-state index contributed by atoms with van der Waals surface area (Å²) in [6, 6.07) is 8.98. The molecule has 0 saturated heterocycles. The van der Waals surface area contributed by atoms with Crippen molar-refractivity contribution in [2.45, 2.75) is 6.92 Å². The highest BCUT2D eigenvalue weighted by Gasteiger charge is 2.07. The van der Waals surface area contributed by atoms with Crippen molar-refractivity contribution in [2.24, 2.45) is 0 Å². The molecule has 0 aliphatic rings. The normalized spacial score (nSPS) is 10.7. The number of aromatic carboxylic acids is 1. The maximum atomic E-state index is 10.9. The van der Waals surface area contributed by atoms with Crippen LogP contribution >= 0.6 is 11.3 Å². The van der Waals surface area contributed by atoms with Crippen LogP contribution in [0.25, 0.3) is 10.2 Å². The standard InChI is InChI=1S/C14H11N3O2S/c1-8-2-3-10-11(6-8)20-14(16-10)17-12-7-9(13(18)19)4-5-15-12/h2-7H,1H3,(H,18,19)(H,15,16,17). The molecule has 2 heterocycles. The third kappa shape index (κ3) is 2.46. The van der Waals surface area contributed by atoms with Crippen LogP contribution in [-0.2, 0) is 0 Å². The van der Waals surface area contributed by atoms with E-state index in [-0.39, 0.29) is 5.56 Å². The SMILES string of the molecule is Cc1ccc2nc(Nc3cc(C(=O)O)ccn3)sc2c1. The van der Waals surface area contributed by atoms with Gasteiger partial charge < -0.3 is 10.4 Å². The lowest BCUT2D eigenvalue weighted by atomic mass is 10.2. The fourth-order valence-corrected chi connectivity index (χ4v) is 2.80. The number of nitrogens with zero attached hydrogens (tertiary/aromatic N) is 2. The van der Waals surface area contributed by atoms with Gasteiger partial charge in [-0.1, -0.05) is 17.4 Å². The van der Waals surface area contributed by atoms with Crippen LogP contribution < -0.4 is 5.32 Å². The highest BCUT2D eigenvalue weighted by molar-refractivity contribution is 7.22. The number of anilines is 2. The molecule has 3 aromatic rings. The van der Waals surface area contributed by atoms with Gasteiger partial charge in [0.2, 0.25) is 0 Å². The molecular weight excluding hydrogens is 274 g/mol. The number of rotatable bonds is 3. The number of carboxylic acids is 1. The van der Waals surface area contributed by atoms with Gasteiger partial charge in [-0.3, -0.25) is 0 Å². The van der Waals surface area contributed by atoms with E-state index < -0.39 is 5.97 Å². The summed E-state index contributed by atoms with van der Waals surface area (Å²) in [4.78, 5) is 19.5. The Morgan fingerprint density at radius 1 is 1.30 bits per heavy atom. The van der Waals surface area contributed by atoms with Gasteiger partial charge in [-0.15, -0.1) is 0 Å². The topological polar surface area (TPSA) is 75.1 Å². The number of hydrogen-bond donors (Lipinski definition) is 2. The minimum atomic E-state index is -0.977. The highest BCUT2D eigenvalue weighted by Crippen LogP contribution is 2.28. The first kappa shape index (κ1) is 12.6. The average molecular weight is 285 g/mol. The van der Waals surface area contributed by atoms with Gasteiger partial charge in [0, 0.05) is 6.20 Å². The molecular formula is C14H11N3O2S. The molecule has 0 fully saturated rings. The average Bonchev–Trinajstić information content (AvgIpc) is 2.80. The summed E-state index contributed by atoms with van der Waals surface area (Å²) in [5.74, 6) is -0.504. The number of carboxylic acid groups (broad SMARTS) is 1. The zero-order valence-electron chi connectivity index (χ0n) is 10.6. The summed E-state index contributed by atoms with van der Waals surface area (Å²) in [5, 5.41) is 12.7. The summed E-state index contributed by atoms with van der Waals surface area (Å²) in [6.07, 6.45) is 1.46. The van der Waals surface area contributed by atoms with Crippen LogP contribution in [0.5, 0.6) is 0 Å². The number of pyridine rings is 1. The molecule has 1 aromatic carbocycles. The third-order valence-corrected chi connectivity index (χ3v) is 3.72. The number of aromatic nitrogens is 2. The van der Waals surface area contributed by atoms with E-state index in [0.29, 0.717) is 10.9 Å². The quantitative estimate of drug-likeness (QED) is 0.771. The van der Waals surface area contributed by atoms with Gasteiger partial charge >= 0.3 is 5.97 Å². The zero-order chi connectivity index (χ0) is 14.1. The molecule has 6 heteroatoms. The van der Waals surface area contributed by atoms with Crippen molar-refractivity contribution in [3.63, 3.8) is 0 Å². The lowest BCUT2D eigenvalue weighted by Crippen LogP contribution is -1.99. The first-order chi connectivity index (χ1) is 9.61. The van der Waals surface area contributed by atoms with E-state index >= 15 is 0 Å². The number of aryl methyl sites for hydroxylation is 1. The molecule has 2 N–H and O–H groups in total. The third-order valence-electron chi connectivity index (χ3n) is 2.79. The van der Waals surface area contributed by atoms with Gasteiger partial charge in [0.15, 0.2) is 5.13 Å². The predicted molar refractivity (Wildman–Crippen MR) is 78.8 cm³/mol. The molecule has 0 spiro atoms. The molecule has 0 atom stereocenters. The van der Waals surface area contributed by atoms with Crippen LogP contribution in [0.15, 0.2) is 36.5 Å². The monoisotopic (exact) mass is 285 g/mol. The number of fused-ring (bicyclic) bond motifs is 1. The molecule has 2 aromatic heterocycles. The molecule has 3 rings (SSSR count). The molecule has 20 heavy (non-hydrogen) atoms. The Morgan fingerprint density at radius 3 is 2.95 bits per heavy atom. The fourth-order valence-electron chi connectivity index (χ4n) is 1.83. The van der Waals surface area contributed by atoms with Crippen LogP contribution in [0.1, 0.15) is 15.9 Å². The Labute approximate surface area is 118 Å². The molecule has 0 saturated carbocycles. The number of hydrogen-bond acceptors (Lipinski definition) is 5. The van der Waals surface area contributed by atoms with Crippen molar-refractivity contribution in [2.75, 3.05) is 5.32 Å². The zero-order valence-corrected chi connectivity index (χ0v) is 11.4. The Kier molecular flexibility index (Phi) is 3.08. The first-order valence-electron chi connectivity index (χ1n) is 5.95. The molecule has 0 radical (unpaired) electrons. The van der Waals surface area contributed by atoms with Crippen molar-refractivity contribution < 1.29 is 9.90 Å². The largest absolute Gasteiger partial charge is 0.478 e. The van der Waals surface area contributed by atoms with E-state index in [2.05, 4.69) is 21.4 Å². The van der Waals surface area contributed by atoms with Crippen molar-refractivity contribution in [3.8, 4) is 0 Å². The molecule has 0 unspecified atom stereocenters. The summed E-state index contributed by atoms with van der Waals surface area (Å²) in [7, 11) is 0. The Bertz CT molecular complexity index is 798. The van der Waals surface area contributed by atoms with Crippen molar-refractivity contribution in [1.82, 2.24) is 9.97 Å². The van der Waals surface area contributed by atoms with Crippen molar-refractivity contribution >= 4 is 38.5 Å². The molecule has 5 nitrogen and oxygen atoms in total. The lowest BCUT2D eigenvalue weighted by Gasteiger charge is -2.01. The summed E-state index contributed by atoms with van der Waals surface area (Å²) in [5.41, 5.74) is 2.29. The maximum Gasteiger partial charge on any atom is 0.335 e. The van der Waals surface area contributed by atoms with Crippen LogP contribution in [0, 0.1) is 6.92 Å². The lowest BCUT2D eigenvalue weighted by molar-refractivity contribution is 0.0697. The van der Waals surface area contributed by atoms with Gasteiger partial charge in [-0.2, -0.15) is 0 Å². The van der Waals surface area contributed by atoms with E-state index in [1.165, 1.54) is 35.2 Å². The van der Waals surface area contributed by atoms with Gasteiger partial charge in [0.1, 0.15) is 5.82 Å². The Morgan fingerprint density at radius 2 is 2.15 bits per heavy atom. The smallest absolute Gasteiger partial charge is 0.335 e. The van der Waals surface area contributed by atoms with Gasteiger partial charge in [0.05, 0.1) is 15.8 Å². The van der Waals surface area contributed by atoms with E-state index in [4.69, 9.17) is 5.11 Å². The second-order valence-electron chi connectivity index (χ2n) is 4.35. The number of nitrogens with one attached hydrogen (secondary N) is 1. The van der Waals surface area contributed by atoms with Crippen molar-refractivity contribution in [3.05, 3.63) is 47.7 Å². The van der Waals surface area contributed by atoms with Crippen LogP contribution in [-0.4, -0.2) is 21.0 Å². The maximum absolute atomic E-state index is 10.9. The number of benzene rings is 1. The molecule has 0 aliphatic carbocycles. The van der Waals surface area contributed by atoms with Crippen molar-refractivity contribution in [1.29, 1.82) is 0 Å². The molecule has 0 aliphatic heterocycles. The number of thiazole rings is 1. The van der Waals surface area contributed by atoms with Crippen LogP contribution in [0.2, 0.25) is 0 Å². The van der Waals surface area contributed by atoms with E-state index in [1.807, 2.05) is 19.1 Å². The fraction of sp³-hybridized carbons (Fsp3) is 0.0714. The first-order valence-corrected chi connectivity index (χ1v) is 6.77. The van der Waals surface area contributed by atoms with Gasteiger partial charge in [-0.25, -0.2) is 14.8 Å². The number of carbonyl (C=O) groups is 1. The Hall–Kier alpha value is -2.47. The minimum absolute atomic E-state index is 0.194. The second-order valence-corrected chi connectivity index (χ2v) is 5.38. The van der Waals surface area contributed by atoms with E-state index in [0.717, 1.165) is 10.2 Å². The van der Waals surface area contributed by atoms with Gasteiger partial charge in [0.25, 0.3) is 0 Å².